The van der Waals surface area contributed by atoms with E-state index in [0.29, 0.717) is 12.6 Å². The summed E-state index contributed by atoms with van der Waals surface area (Å²) in [4.78, 5) is 14.5. The molecule has 0 saturated carbocycles. The van der Waals surface area contributed by atoms with Gasteiger partial charge in [-0.3, -0.25) is 4.79 Å². The maximum atomic E-state index is 12.2. The normalized spacial score (nSPS) is 23.1. The van der Waals surface area contributed by atoms with E-state index in [2.05, 4.69) is 38.0 Å². The summed E-state index contributed by atoms with van der Waals surface area (Å²) >= 11 is 0. The van der Waals surface area contributed by atoms with Gasteiger partial charge in [-0.1, -0.05) is 27.2 Å². The number of nitrogens with zero attached hydrogens (tertiary/aromatic N) is 1. The lowest BCUT2D eigenvalue weighted by atomic mass is 9.84. The lowest BCUT2D eigenvalue weighted by molar-refractivity contribution is -0.125. The molecule has 0 radical (unpaired) electrons. The first-order chi connectivity index (χ1) is 8.83. The lowest BCUT2D eigenvalue weighted by Crippen LogP contribution is -2.47. The highest BCUT2D eigenvalue weighted by Crippen LogP contribution is 2.24. The van der Waals surface area contributed by atoms with Crippen LogP contribution in [0.2, 0.25) is 0 Å². The van der Waals surface area contributed by atoms with Crippen LogP contribution in [0.1, 0.15) is 46.5 Å². The van der Waals surface area contributed by atoms with Gasteiger partial charge in [-0.15, -0.1) is 0 Å². The molecule has 2 atom stereocenters. The number of nitrogens with two attached hydrogens (primary N) is 1. The average Bonchev–Trinajstić information content (AvgIpc) is 2.33. The van der Waals surface area contributed by atoms with Crippen molar-refractivity contribution in [3.05, 3.63) is 0 Å². The summed E-state index contributed by atoms with van der Waals surface area (Å²) in [6, 6.07) is 0.491. The fourth-order valence-corrected chi connectivity index (χ4v) is 2.79. The molecule has 1 saturated heterocycles. The number of hydrogen-bond donors (Lipinski definition) is 2. The molecule has 1 aliphatic rings. The molecule has 0 bridgehead atoms. The summed E-state index contributed by atoms with van der Waals surface area (Å²) in [6.07, 6.45) is 4.57. The zero-order valence-corrected chi connectivity index (χ0v) is 13.0. The number of hydrogen-bond acceptors (Lipinski definition) is 3. The van der Waals surface area contributed by atoms with E-state index < -0.39 is 0 Å². The molecule has 4 nitrogen and oxygen atoms in total. The predicted octanol–water partition coefficient (Wildman–Crippen LogP) is 1.60. The van der Waals surface area contributed by atoms with Gasteiger partial charge in [0.1, 0.15) is 0 Å². The maximum Gasteiger partial charge on any atom is 0.224 e. The molecule has 0 spiro atoms. The average molecular weight is 269 g/mol. The number of carbonyl (C=O) groups is 1. The van der Waals surface area contributed by atoms with Crippen molar-refractivity contribution >= 4 is 5.91 Å². The molecule has 1 rings (SSSR count). The molecule has 3 N–H and O–H groups in total. The van der Waals surface area contributed by atoms with E-state index in [1.54, 1.807) is 0 Å². The lowest BCUT2D eigenvalue weighted by Gasteiger charge is -2.33. The third kappa shape index (κ3) is 5.91. The van der Waals surface area contributed by atoms with Crippen LogP contribution in [-0.2, 0) is 4.79 Å². The number of carbonyl (C=O) groups excluding carboxylic acids is 1. The van der Waals surface area contributed by atoms with E-state index in [1.165, 1.54) is 19.3 Å². The van der Waals surface area contributed by atoms with Crippen LogP contribution in [0.4, 0.5) is 0 Å². The van der Waals surface area contributed by atoms with Gasteiger partial charge in [0.2, 0.25) is 5.91 Å². The zero-order chi connectivity index (χ0) is 14.5. The van der Waals surface area contributed by atoms with Crippen LogP contribution < -0.4 is 11.1 Å². The van der Waals surface area contributed by atoms with Crippen LogP contribution >= 0.6 is 0 Å². The third-order valence-electron chi connectivity index (χ3n) is 3.95. The van der Waals surface area contributed by atoms with Gasteiger partial charge in [0.25, 0.3) is 0 Å². The van der Waals surface area contributed by atoms with Gasteiger partial charge in [0.15, 0.2) is 0 Å². The van der Waals surface area contributed by atoms with Gasteiger partial charge < -0.3 is 16.0 Å². The topological polar surface area (TPSA) is 58.4 Å². The summed E-state index contributed by atoms with van der Waals surface area (Å²) in [7, 11) is 2.14. The molecule has 19 heavy (non-hydrogen) atoms. The van der Waals surface area contributed by atoms with E-state index in [-0.39, 0.29) is 17.2 Å². The van der Waals surface area contributed by atoms with Crippen LogP contribution in [0.3, 0.4) is 0 Å². The Morgan fingerprint density at radius 2 is 2.11 bits per heavy atom. The summed E-state index contributed by atoms with van der Waals surface area (Å²) in [6.45, 7) is 8.79. The smallest absolute Gasteiger partial charge is 0.224 e. The predicted molar refractivity (Wildman–Crippen MR) is 79.9 cm³/mol. The quantitative estimate of drug-likeness (QED) is 0.797. The van der Waals surface area contributed by atoms with Crippen molar-refractivity contribution in [2.24, 2.45) is 17.1 Å². The number of piperidine rings is 1. The van der Waals surface area contributed by atoms with Crippen LogP contribution in [0.15, 0.2) is 0 Å². The van der Waals surface area contributed by atoms with E-state index in [1.807, 2.05) is 0 Å². The minimum atomic E-state index is -0.0612. The Bertz CT molecular complexity index is 286. The highest BCUT2D eigenvalue weighted by molar-refractivity contribution is 5.78. The molecule has 0 aliphatic carbocycles. The van der Waals surface area contributed by atoms with Crippen molar-refractivity contribution in [1.29, 1.82) is 0 Å². The number of nitrogens with one attached hydrogen (secondary N) is 1. The molecule has 0 aromatic carbocycles. The summed E-state index contributed by atoms with van der Waals surface area (Å²) in [5, 5.41) is 3.10. The van der Waals surface area contributed by atoms with E-state index in [0.717, 1.165) is 19.5 Å². The fraction of sp³-hybridized carbons (Fsp3) is 0.933. The number of rotatable bonds is 5. The SMILES string of the molecule is CN1CCCCC1CNC(=O)C(CN)CC(C)(C)C. The van der Waals surface area contributed by atoms with Gasteiger partial charge >= 0.3 is 0 Å². The second kappa shape index (κ2) is 7.25. The summed E-state index contributed by atoms with van der Waals surface area (Å²) < 4.78 is 0. The second-order valence-electron chi connectivity index (χ2n) is 7.07. The molecule has 1 heterocycles. The molecule has 1 aliphatic heterocycles. The first-order valence-corrected chi connectivity index (χ1v) is 7.51. The minimum absolute atomic E-state index is 0.0612. The number of likely N-dealkylation sites (N-methyl/N-ethyl adjacent to an activating group) is 1. The largest absolute Gasteiger partial charge is 0.354 e. The van der Waals surface area contributed by atoms with Gasteiger partial charge in [0.05, 0.1) is 5.92 Å². The van der Waals surface area contributed by atoms with Crippen molar-refractivity contribution in [1.82, 2.24) is 10.2 Å². The van der Waals surface area contributed by atoms with Crippen molar-refractivity contribution in [3.8, 4) is 0 Å². The van der Waals surface area contributed by atoms with Gasteiger partial charge in [0, 0.05) is 19.1 Å². The Hall–Kier alpha value is -0.610. The van der Waals surface area contributed by atoms with Crippen molar-refractivity contribution < 1.29 is 4.79 Å². The summed E-state index contributed by atoms with van der Waals surface area (Å²) in [5.74, 6) is 0.0605. The Morgan fingerprint density at radius 1 is 1.42 bits per heavy atom. The first-order valence-electron chi connectivity index (χ1n) is 7.51. The first kappa shape index (κ1) is 16.4. The fourth-order valence-electron chi connectivity index (χ4n) is 2.79. The number of likely N-dealkylation sites (tertiary alicyclic amines) is 1. The maximum absolute atomic E-state index is 12.2. The molecular weight excluding hydrogens is 238 g/mol. The zero-order valence-electron chi connectivity index (χ0n) is 13.0. The van der Waals surface area contributed by atoms with Crippen molar-refractivity contribution in [2.45, 2.75) is 52.5 Å². The Morgan fingerprint density at radius 3 is 2.63 bits per heavy atom. The van der Waals surface area contributed by atoms with Crippen LogP contribution in [0.25, 0.3) is 0 Å². The molecule has 1 fully saturated rings. The van der Waals surface area contributed by atoms with Gasteiger partial charge in [-0.05, 0) is 38.3 Å². The van der Waals surface area contributed by atoms with Crippen LogP contribution in [0.5, 0.6) is 0 Å². The third-order valence-corrected chi connectivity index (χ3v) is 3.95. The van der Waals surface area contributed by atoms with Gasteiger partial charge in [-0.25, -0.2) is 0 Å². The van der Waals surface area contributed by atoms with E-state index >= 15 is 0 Å². The molecule has 2 unspecified atom stereocenters. The van der Waals surface area contributed by atoms with Gasteiger partial charge in [-0.2, -0.15) is 0 Å². The molecule has 0 aromatic heterocycles. The highest BCUT2D eigenvalue weighted by atomic mass is 16.1. The van der Waals surface area contributed by atoms with Crippen LogP contribution in [0, 0.1) is 11.3 Å². The molecular formula is C15H31N3O. The van der Waals surface area contributed by atoms with Crippen LogP contribution in [-0.4, -0.2) is 43.5 Å². The van der Waals surface area contributed by atoms with Crippen molar-refractivity contribution in [3.63, 3.8) is 0 Å². The van der Waals surface area contributed by atoms with Crippen molar-refractivity contribution in [2.75, 3.05) is 26.7 Å². The summed E-state index contributed by atoms with van der Waals surface area (Å²) in [5.41, 5.74) is 5.89. The van der Waals surface area contributed by atoms with E-state index in [4.69, 9.17) is 5.73 Å². The Kier molecular flexibility index (Phi) is 6.27. The Labute approximate surface area is 118 Å². The second-order valence-corrected chi connectivity index (χ2v) is 7.07. The molecule has 0 aromatic rings. The molecule has 1 amide bonds. The molecule has 4 heteroatoms. The monoisotopic (exact) mass is 269 g/mol. The van der Waals surface area contributed by atoms with E-state index in [9.17, 15) is 4.79 Å². The standard InChI is InChI=1S/C15H31N3O/c1-15(2,3)9-12(10-16)14(19)17-11-13-7-5-6-8-18(13)4/h12-13H,5-11,16H2,1-4H3,(H,17,19). The number of amides is 1. The minimum Gasteiger partial charge on any atom is -0.354 e. The Balaban J connectivity index is 2.40. The molecule has 112 valence electrons. The highest BCUT2D eigenvalue weighted by Gasteiger charge is 2.25.